The van der Waals surface area contributed by atoms with Crippen molar-refractivity contribution in [3.8, 4) is 5.75 Å². The number of nitrogens with one attached hydrogen (secondary N) is 2. The lowest BCUT2D eigenvalue weighted by atomic mass is 10.1. The van der Waals surface area contributed by atoms with Crippen LogP contribution in [0.3, 0.4) is 0 Å². The Morgan fingerprint density at radius 2 is 1.71 bits per heavy atom. The Morgan fingerprint density at radius 1 is 1.00 bits per heavy atom. The van der Waals surface area contributed by atoms with Crippen molar-refractivity contribution in [1.29, 1.82) is 0 Å². The van der Waals surface area contributed by atoms with Crippen molar-refractivity contribution in [1.82, 2.24) is 5.43 Å². The second-order valence-corrected chi connectivity index (χ2v) is 7.44. The number of hydrogen-bond acceptors (Lipinski definition) is 4. The minimum Gasteiger partial charge on any atom is -0.482 e. The number of carbonyl (C=O) groups is 2. The average Bonchev–Trinajstić information content (AvgIpc) is 2.75. The maximum Gasteiger partial charge on any atom is 0.271 e. The monoisotopic (exact) mass is 455 g/mol. The molecular formula is C23H19Cl2N3O3. The normalized spacial score (nSPS) is 10.7. The molecule has 158 valence electrons. The van der Waals surface area contributed by atoms with Gasteiger partial charge in [-0.25, -0.2) is 5.43 Å². The van der Waals surface area contributed by atoms with E-state index in [4.69, 9.17) is 27.9 Å². The molecule has 0 aliphatic carbocycles. The standard InChI is InChI=1S/C23H19Cl2N3O3/c1-15-2-5-17(6-3-15)23(30)28-26-13-16-4-11-21(20(25)12-16)31-14-22(29)27-19-9-7-18(24)8-10-19/h2-13H,14H2,1H3,(H,27,29)(H,28,30)/b26-13+. The fourth-order valence-corrected chi connectivity index (χ4v) is 2.89. The number of hydrazone groups is 1. The van der Waals surface area contributed by atoms with Gasteiger partial charge in [0.15, 0.2) is 6.61 Å². The zero-order valence-electron chi connectivity index (χ0n) is 16.6. The van der Waals surface area contributed by atoms with Crippen molar-refractivity contribution in [3.63, 3.8) is 0 Å². The minimum atomic E-state index is -0.331. The van der Waals surface area contributed by atoms with Gasteiger partial charge in [-0.1, -0.05) is 40.9 Å². The summed E-state index contributed by atoms with van der Waals surface area (Å²) in [6, 6.07) is 18.9. The average molecular weight is 456 g/mol. The Kier molecular flexibility index (Phi) is 7.65. The summed E-state index contributed by atoms with van der Waals surface area (Å²) in [6.07, 6.45) is 1.47. The van der Waals surface area contributed by atoms with Crippen LogP contribution in [0.4, 0.5) is 5.69 Å². The highest BCUT2D eigenvalue weighted by Gasteiger charge is 2.08. The van der Waals surface area contributed by atoms with Gasteiger partial charge in [-0.05, 0) is 67.1 Å². The van der Waals surface area contributed by atoms with Crippen LogP contribution in [-0.2, 0) is 4.79 Å². The van der Waals surface area contributed by atoms with Gasteiger partial charge in [0, 0.05) is 16.3 Å². The lowest BCUT2D eigenvalue weighted by Gasteiger charge is -2.09. The minimum absolute atomic E-state index is 0.206. The van der Waals surface area contributed by atoms with Crippen molar-refractivity contribution in [2.75, 3.05) is 11.9 Å². The molecule has 0 radical (unpaired) electrons. The first-order chi connectivity index (χ1) is 14.9. The van der Waals surface area contributed by atoms with Crippen LogP contribution in [0.1, 0.15) is 21.5 Å². The van der Waals surface area contributed by atoms with Crippen LogP contribution in [0.2, 0.25) is 10.0 Å². The molecule has 0 atom stereocenters. The summed E-state index contributed by atoms with van der Waals surface area (Å²) in [5.74, 6) is -0.286. The quantitative estimate of drug-likeness (QED) is 0.384. The van der Waals surface area contributed by atoms with Crippen molar-refractivity contribution in [2.45, 2.75) is 6.92 Å². The Hall–Kier alpha value is -3.35. The van der Waals surface area contributed by atoms with Gasteiger partial charge in [-0.2, -0.15) is 5.10 Å². The van der Waals surface area contributed by atoms with Gasteiger partial charge in [-0.3, -0.25) is 9.59 Å². The maximum absolute atomic E-state index is 12.0. The number of nitrogens with zero attached hydrogens (tertiary/aromatic N) is 1. The second-order valence-electron chi connectivity index (χ2n) is 6.60. The van der Waals surface area contributed by atoms with Gasteiger partial charge in [0.2, 0.25) is 0 Å². The predicted octanol–water partition coefficient (Wildman–Crippen LogP) is 5.08. The molecule has 0 saturated heterocycles. The van der Waals surface area contributed by atoms with E-state index >= 15 is 0 Å². The molecule has 0 aliphatic heterocycles. The molecular weight excluding hydrogens is 437 g/mol. The zero-order valence-corrected chi connectivity index (χ0v) is 18.1. The predicted molar refractivity (Wildman–Crippen MR) is 123 cm³/mol. The molecule has 31 heavy (non-hydrogen) atoms. The summed E-state index contributed by atoms with van der Waals surface area (Å²) in [7, 11) is 0. The van der Waals surface area contributed by atoms with Crippen LogP contribution < -0.4 is 15.5 Å². The van der Waals surface area contributed by atoms with Gasteiger partial charge >= 0.3 is 0 Å². The molecule has 8 heteroatoms. The number of carbonyl (C=O) groups excluding carboxylic acids is 2. The Labute approximate surface area is 189 Å². The summed E-state index contributed by atoms with van der Waals surface area (Å²) in [4.78, 5) is 24.1. The lowest BCUT2D eigenvalue weighted by molar-refractivity contribution is -0.118. The molecule has 3 aromatic carbocycles. The Bertz CT molecular complexity index is 1100. The lowest BCUT2D eigenvalue weighted by Crippen LogP contribution is -2.20. The number of ether oxygens (including phenoxy) is 1. The smallest absolute Gasteiger partial charge is 0.271 e. The summed E-state index contributed by atoms with van der Waals surface area (Å²) in [5, 5.41) is 7.53. The van der Waals surface area contributed by atoms with Gasteiger partial charge in [-0.15, -0.1) is 0 Å². The fraction of sp³-hybridized carbons (Fsp3) is 0.0870. The molecule has 3 aromatic rings. The molecule has 2 N–H and O–H groups in total. The highest BCUT2D eigenvalue weighted by molar-refractivity contribution is 6.32. The summed E-state index contributed by atoms with van der Waals surface area (Å²) < 4.78 is 5.48. The number of anilines is 1. The van der Waals surface area contributed by atoms with E-state index in [1.54, 1.807) is 54.6 Å². The van der Waals surface area contributed by atoms with E-state index in [1.165, 1.54) is 6.21 Å². The van der Waals surface area contributed by atoms with E-state index in [0.29, 0.717) is 32.6 Å². The second kappa shape index (κ2) is 10.6. The molecule has 0 unspecified atom stereocenters. The summed E-state index contributed by atoms with van der Waals surface area (Å²) >= 11 is 12.0. The Morgan fingerprint density at radius 3 is 2.39 bits per heavy atom. The van der Waals surface area contributed by atoms with E-state index in [0.717, 1.165) is 5.56 Å². The number of halogens is 2. The van der Waals surface area contributed by atoms with Crippen molar-refractivity contribution >= 4 is 46.9 Å². The number of aryl methyl sites for hydroxylation is 1. The topological polar surface area (TPSA) is 79.8 Å². The third-order valence-electron chi connectivity index (χ3n) is 4.14. The van der Waals surface area contributed by atoms with E-state index in [2.05, 4.69) is 15.8 Å². The maximum atomic E-state index is 12.0. The largest absolute Gasteiger partial charge is 0.482 e. The van der Waals surface area contributed by atoms with Crippen LogP contribution >= 0.6 is 23.2 Å². The van der Waals surface area contributed by atoms with Crippen molar-refractivity contribution in [3.05, 3.63) is 93.5 Å². The molecule has 0 heterocycles. The number of amides is 2. The van der Waals surface area contributed by atoms with Gasteiger partial charge < -0.3 is 10.1 Å². The first-order valence-corrected chi connectivity index (χ1v) is 10.0. The molecule has 0 aromatic heterocycles. The summed E-state index contributed by atoms with van der Waals surface area (Å²) in [6.45, 7) is 1.74. The number of hydrogen-bond donors (Lipinski definition) is 2. The van der Waals surface area contributed by atoms with E-state index in [-0.39, 0.29) is 18.4 Å². The molecule has 0 spiro atoms. The third kappa shape index (κ3) is 6.84. The van der Waals surface area contributed by atoms with E-state index in [9.17, 15) is 9.59 Å². The Balaban J connectivity index is 1.51. The fourth-order valence-electron chi connectivity index (χ4n) is 2.52. The zero-order chi connectivity index (χ0) is 22.2. The van der Waals surface area contributed by atoms with Crippen LogP contribution in [0.15, 0.2) is 71.8 Å². The van der Waals surface area contributed by atoms with Crippen LogP contribution in [0.25, 0.3) is 0 Å². The highest BCUT2D eigenvalue weighted by atomic mass is 35.5. The van der Waals surface area contributed by atoms with Crippen LogP contribution in [0, 0.1) is 6.92 Å². The molecule has 0 saturated carbocycles. The molecule has 2 amide bonds. The van der Waals surface area contributed by atoms with Crippen molar-refractivity contribution < 1.29 is 14.3 Å². The molecule has 0 aliphatic rings. The van der Waals surface area contributed by atoms with Gasteiger partial charge in [0.25, 0.3) is 11.8 Å². The number of rotatable bonds is 7. The molecule has 3 rings (SSSR count). The molecule has 0 fully saturated rings. The first-order valence-electron chi connectivity index (χ1n) is 9.28. The number of benzene rings is 3. The third-order valence-corrected chi connectivity index (χ3v) is 4.68. The first kappa shape index (κ1) is 22.3. The summed E-state index contributed by atoms with van der Waals surface area (Å²) in [5.41, 5.74) is 5.32. The van der Waals surface area contributed by atoms with Crippen molar-refractivity contribution in [2.24, 2.45) is 5.10 Å². The van der Waals surface area contributed by atoms with Crippen LogP contribution in [0.5, 0.6) is 5.75 Å². The molecule has 0 bridgehead atoms. The molecule has 6 nitrogen and oxygen atoms in total. The highest BCUT2D eigenvalue weighted by Crippen LogP contribution is 2.25. The van der Waals surface area contributed by atoms with Gasteiger partial charge in [0.1, 0.15) is 5.75 Å². The van der Waals surface area contributed by atoms with Crippen LogP contribution in [-0.4, -0.2) is 24.6 Å². The van der Waals surface area contributed by atoms with E-state index in [1.807, 2.05) is 19.1 Å². The SMILES string of the molecule is Cc1ccc(C(=O)N/N=C/c2ccc(OCC(=O)Nc3ccc(Cl)cc3)c(Cl)c2)cc1. The van der Waals surface area contributed by atoms with E-state index < -0.39 is 0 Å². The van der Waals surface area contributed by atoms with Gasteiger partial charge in [0.05, 0.1) is 11.2 Å².